The van der Waals surface area contributed by atoms with E-state index in [0.717, 1.165) is 5.69 Å². The van der Waals surface area contributed by atoms with Crippen LogP contribution in [0.25, 0.3) is 5.69 Å². The molecule has 2 aromatic rings. The number of fused-ring (bicyclic) bond motifs is 3. The number of hydrogen-bond acceptors (Lipinski definition) is 4. The van der Waals surface area contributed by atoms with Crippen LogP contribution >= 0.6 is 0 Å². The maximum atomic E-state index is 7.78. The van der Waals surface area contributed by atoms with Crippen LogP contribution in [-0.4, -0.2) is 21.8 Å². The molecule has 3 rings (SSSR count). The third-order valence-electron chi connectivity index (χ3n) is 3.00. The highest BCUT2D eigenvalue weighted by Crippen LogP contribution is 2.39. The van der Waals surface area contributed by atoms with Crippen molar-refractivity contribution in [1.29, 1.82) is 0 Å². The quantitative estimate of drug-likeness (QED) is 0.702. The lowest BCUT2D eigenvalue weighted by molar-refractivity contribution is 0.624. The first-order valence-corrected chi connectivity index (χ1v) is 5.36. The molecule has 0 fully saturated rings. The molecule has 1 aromatic heterocycles. The Bertz CT molecular complexity index is 676. The van der Waals surface area contributed by atoms with E-state index < -0.39 is 12.9 Å². The first-order valence-electron chi connectivity index (χ1n) is 6.86. The lowest BCUT2D eigenvalue weighted by Gasteiger charge is -2.33. The van der Waals surface area contributed by atoms with Gasteiger partial charge in [-0.05, 0) is 25.9 Å². The lowest BCUT2D eigenvalue weighted by Crippen LogP contribution is -2.31. The van der Waals surface area contributed by atoms with Gasteiger partial charge >= 0.3 is 0 Å². The predicted molar refractivity (Wildman–Crippen MR) is 67.3 cm³/mol. The minimum Gasteiger partial charge on any atom is -0.397 e. The highest BCUT2D eigenvalue weighted by Gasteiger charge is 2.29. The Labute approximate surface area is 104 Å². The molecule has 1 atom stereocenters. The van der Waals surface area contributed by atoms with Gasteiger partial charge < -0.3 is 10.6 Å². The second kappa shape index (κ2) is 3.23. The average Bonchev–Trinajstić information content (AvgIpc) is 2.68. The molecule has 2 N–H and O–H groups in total. The first kappa shape index (κ1) is 7.32. The van der Waals surface area contributed by atoms with Gasteiger partial charge in [-0.25, -0.2) is 9.67 Å². The van der Waals surface area contributed by atoms with Crippen LogP contribution in [0.3, 0.4) is 0 Å². The molecule has 1 aromatic carbocycles. The van der Waals surface area contributed by atoms with Crippen molar-refractivity contribution < 1.29 is 4.11 Å². The second-order valence-corrected chi connectivity index (χ2v) is 4.16. The Hall–Kier alpha value is -2.04. The molecule has 0 amide bonds. The summed E-state index contributed by atoms with van der Waals surface area (Å²) in [5.74, 6) is 0.959. The standard InChI is InChI=1S/C12H15N5/c1-7-12-14-8(2)15-17(12)10-6-4-5-9(13)11(10)16(7)3/h4-7H,13H2,1-3H3/i1D3. The van der Waals surface area contributed by atoms with E-state index in [9.17, 15) is 0 Å². The maximum absolute atomic E-state index is 7.78. The summed E-state index contributed by atoms with van der Waals surface area (Å²) in [7, 11) is 1.72. The minimum atomic E-state index is -2.22. The van der Waals surface area contributed by atoms with Gasteiger partial charge in [0.05, 0.1) is 23.1 Å². The molecule has 17 heavy (non-hydrogen) atoms. The molecule has 5 nitrogen and oxygen atoms in total. The fraction of sp³-hybridized carbons (Fsp3) is 0.333. The van der Waals surface area contributed by atoms with Crippen molar-refractivity contribution in [1.82, 2.24) is 14.8 Å². The summed E-state index contributed by atoms with van der Waals surface area (Å²) < 4.78 is 24.9. The van der Waals surface area contributed by atoms with Gasteiger partial charge in [0.1, 0.15) is 5.82 Å². The van der Waals surface area contributed by atoms with E-state index in [-0.39, 0.29) is 0 Å². The zero-order valence-corrected chi connectivity index (χ0v) is 9.68. The number of para-hydroxylation sites is 1. The molecule has 1 aliphatic rings. The van der Waals surface area contributed by atoms with E-state index >= 15 is 0 Å². The molecule has 1 unspecified atom stereocenters. The van der Waals surface area contributed by atoms with Crippen LogP contribution in [0, 0.1) is 6.92 Å². The Morgan fingerprint density at radius 3 is 3.06 bits per heavy atom. The zero-order valence-electron chi connectivity index (χ0n) is 12.7. The highest BCUT2D eigenvalue weighted by atomic mass is 15.4. The maximum Gasteiger partial charge on any atom is 0.154 e. The molecule has 1 aliphatic heterocycles. The number of anilines is 2. The molecule has 2 heterocycles. The topological polar surface area (TPSA) is 60.0 Å². The Kier molecular flexibility index (Phi) is 1.39. The van der Waals surface area contributed by atoms with E-state index in [0.29, 0.717) is 23.0 Å². The van der Waals surface area contributed by atoms with E-state index in [2.05, 4.69) is 10.1 Å². The van der Waals surface area contributed by atoms with Crippen LogP contribution in [0.5, 0.6) is 0 Å². The molecule has 88 valence electrons. The summed E-state index contributed by atoms with van der Waals surface area (Å²) in [6.45, 7) is -0.472. The Morgan fingerprint density at radius 1 is 1.47 bits per heavy atom. The minimum absolute atomic E-state index is 0.420. The van der Waals surface area contributed by atoms with Crippen LogP contribution in [0.2, 0.25) is 0 Å². The van der Waals surface area contributed by atoms with E-state index in [1.807, 2.05) is 12.1 Å². The van der Waals surface area contributed by atoms with E-state index in [1.54, 1.807) is 29.6 Å². The van der Waals surface area contributed by atoms with Crippen molar-refractivity contribution in [3.63, 3.8) is 0 Å². The van der Waals surface area contributed by atoms with Crippen molar-refractivity contribution in [2.45, 2.75) is 19.8 Å². The summed E-state index contributed by atoms with van der Waals surface area (Å²) in [4.78, 5) is 5.96. The summed E-state index contributed by atoms with van der Waals surface area (Å²) in [6.07, 6.45) is 0. The number of aromatic nitrogens is 3. The predicted octanol–water partition coefficient (Wildman–Crippen LogP) is 1.67. The van der Waals surface area contributed by atoms with Gasteiger partial charge in [0.25, 0.3) is 0 Å². The molecular weight excluding hydrogens is 214 g/mol. The number of rotatable bonds is 0. The third-order valence-corrected chi connectivity index (χ3v) is 3.00. The van der Waals surface area contributed by atoms with Crippen LogP contribution in [0.1, 0.15) is 28.7 Å². The van der Waals surface area contributed by atoms with E-state index in [1.165, 1.54) is 0 Å². The lowest BCUT2D eigenvalue weighted by atomic mass is 10.1. The Balaban J connectivity index is 2.33. The number of benzene rings is 1. The first-order chi connectivity index (χ1) is 9.30. The van der Waals surface area contributed by atoms with Crippen LogP contribution in [0.4, 0.5) is 11.4 Å². The van der Waals surface area contributed by atoms with Crippen LogP contribution in [0.15, 0.2) is 18.2 Å². The zero-order chi connectivity index (χ0) is 14.7. The summed E-state index contributed by atoms with van der Waals surface area (Å²) >= 11 is 0. The summed E-state index contributed by atoms with van der Waals surface area (Å²) in [5.41, 5.74) is 7.97. The molecule has 0 saturated heterocycles. The van der Waals surface area contributed by atoms with Crippen LogP contribution in [-0.2, 0) is 0 Å². The smallest absolute Gasteiger partial charge is 0.154 e. The average molecular weight is 232 g/mol. The van der Waals surface area contributed by atoms with Crippen molar-refractivity contribution in [2.75, 3.05) is 17.7 Å². The monoisotopic (exact) mass is 232 g/mol. The fourth-order valence-corrected chi connectivity index (χ4v) is 2.19. The molecule has 0 aliphatic carbocycles. The number of hydrogen-bond donors (Lipinski definition) is 1. The van der Waals surface area contributed by atoms with Crippen molar-refractivity contribution in [3.05, 3.63) is 29.8 Å². The summed E-state index contributed by atoms with van der Waals surface area (Å²) in [5, 5.41) is 4.31. The molecule has 0 bridgehead atoms. The van der Waals surface area contributed by atoms with Gasteiger partial charge in [0, 0.05) is 11.2 Å². The number of nitrogens with two attached hydrogens (primary N) is 1. The van der Waals surface area contributed by atoms with Gasteiger partial charge in [-0.15, -0.1) is 0 Å². The van der Waals surface area contributed by atoms with Crippen molar-refractivity contribution in [3.8, 4) is 5.69 Å². The van der Waals surface area contributed by atoms with Crippen molar-refractivity contribution >= 4 is 11.4 Å². The molecule has 0 spiro atoms. The number of nitrogen functional groups attached to an aromatic ring is 1. The summed E-state index contributed by atoms with van der Waals surface area (Å²) in [6, 6.07) is 4.57. The van der Waals surface area contributed by atoms with Gasteiger partial charge in [-0.2, -0.15) is 5.10 Å². The largest absolute Gasteiger partial charge is 0.397 e. The SMILES string of the molecule is [2H]C([2H])([2H])C1c2nc(C)nn2-c2cccc(N)c2N1C. The Morgan fingerprint density at radius 2 is 2.29 bits per heavy atom. The molecular formula is C12H15N5. The third kappa shape index (κ3) is 1.25. The normalized spacial score (nSPS) is 21.2. The van der Waals surface area contributed by atoms with E-state index in [4.69, 9.17) is 9.85 Å². The molecule has 0 saturated carbocycles. The van der Waals surface area contributed by atoms with Gasteiger partial charge in [0.2, 0.25) is 0 Å². The van der Waals surface area contributed by atoms with Gasteiger partial charge in [-0.1, -0.05) is 6.07 Å². The second-order valence-electron chi connectivity index (χ2n) is 4.16. The molecule has 0 radical (unpaired) electrons. The number of aryl methyl sites for hydroxylation is 1. The van der Waals surface area contributed by atoms with Crippen molar-refractivity contribution in [2.24, 2.45) is 0 Å². The fourth-order valence-electron chi connectivity index (χ4n) is 2.19. The highest BCUT2D eigenvalue weighted by molar-refractivity contribution is 5.78. The van der Waals surface area contributed by atoms with Crippen LogP contribution < -0.4 is 10.6 Å². The number of nitrogens with zero attached hydrogens (tertiary/aromatic N) is 4. The van der Waals surface area contributed by atoms with Gasteiger partial charge in [0.15, 0.2) is 5.82 Å². The molecule has 5 heteroatoms. The van der Waals surface area contributed by atoms with Gasteiger partial charge in [-0.3, -0.25) is 0 Å².